The van der Waals surface area contributed by atoms with E-state index in [0.29, 0.717) is 0 Å². The van der Waals surface area contributed by atoms with Crippen LogP contribution in [0.3, 0.4) is 0 Å². The van der Waals surface area contributed by atoms with Crippen molar-refractivity contribution in [3.8, 4) is 0 Å². The highest BCUT2D eigenvalue weighted by molar-refractivity contribution is 7.89. The first-order chi connectivity index (χ1) is 11.0. The zero-order chi connectivity index (χ0) is 16.3. The summed E-state index contributed by atoms with van der Waals surface area (Å²) in [7, 11) is -3.61. The quantitative estimate of drug-likeness (QED) is 0.674. The molecule has 0 aliphatic heterocycles. The van der Waals surface area contributed by atoms with Gasteiger partial charge in [0.05, 0.1) is 4.90 Å². The van der Waals surface area contributed by atoms with E-state index < -0.39 is 10.0 Å². The minimum absolute atomic E-state index is 0.152. The van der Waals surface area contributed by atoms with E-state index in [1.54, 1.807) is 35.6 Å². The Kier molecular flexibility index (Phi) is 4.77. The van der Waals surface area contributed by atoms with Crippen LogP contribution in [0, 0.1) is 0 Å². The topological polar surface area (TPSA) is 72.2 Å². The van der Waals surface area contributed by atoms with Gasteiger partial charge >= 0.3 is 0 Å². The molecule has 0 radical (unpaired) electrons. The summed E-state index contributed by atoms with van der Waals surface area (Å²) >= 11 is 1.76. The molecule has 3 N–H and O–H groups in total. The smallest absolute Gasteiger partial charge is 0.238 e. The Morgan fingerprint density at radius 1 is 1.04 bits per heavy atom. The van der Waals surface area contributed by atoms with Crippen molar-refractivity contribution in [3.63, 3.8) is 0 Å². The summed E-state index contributed by atoms with van der Waals surface area (Å²) in [6, 6.07) is 15.1. The molecule has 0 spiro atoms. The van der Waals surface area contributed by atoms with Crippen molar-refractivity contribution in [2.45, 2.75) is 17.9 Å². The minimum atomic E-state index is -3.61. The number of nitrogens with two attached hydrogens (primary N) is 1. The van der Waals surface area contributed by atoms with Crippen molar-refractivity contribution >= 4 is 31.4 Å². The van der Waals surface area contributed by atoms with Gasteiger partial charge in [0, 0.05) is 11.2 Å². The Labute approximate surface area is 140 Å². The van der Waals surface area contributed by atoms with Crippen molar-refractivity contribution < 1.29 is 8.42 Å². The largest absolute Gasteiger partial charge is 0.312 e. The van der Waals surface area contributed by atoms with Crippen LogP contribution in [0.1, 0.15) is 11.1 Å². The van der Waals surface area contributed by atoms with E-state index in [1.165, 1.54) is 15.6 Å². The predicted molar refractivity (Wildman–Crippen MR) is 95.1 cm³/mol. The first-order valence-electron chi connectivity index (χ1n) is 7.31. The molecule has 0 aliphatic carbocycles. The molecule has 2 aromatic carbocycles. The lowest BCUT2D eigenvalue weighted by atomic mass is 10.1. The lowest BCUT2D eigenvalue weighted by molar-refractivity contribution is 0.597. The Hall–Kier alpha value is -1.73. The molecule has 0 unspecified atom stereocenters. The van der Waals surface area contributed by atoms with Crippen molar-refractivity contribution in [1.29, 1.82) is 0 Å². The Morgan fingerprint density at radius 3 is 2.52 bits per heavy atom. The maximum atomic E-state index is 11.2. The molecule has 23 heavy (non-hydrogen) atoms. The third-order valence-corrected chi connectivity index (χ3v) is 5.66. The highest BCUT2D eigenvalue weighted by atomic mass is 32.2. The fourth-order valence-corrected chi connectivity index (χ4v) is 3.95. The molecule has 0 saturated heterocycles. The molecule has 0 saturated carbocycles. The second-order valence-electron chi connectivity index (χ2n) is 5.37. The molecule has 3 aromatic rings. The first kappa shape index (κ1) is 16.1. The highest BCUT2D eigenvalue weighted by Crippen LogP contribution is 2.25. The molecular weight excluding hydrogens is 328 g/mol. The van der Waals surface area contributed by atoms with Crippen LogP contribution in [0.25, 0.3) is 10.1 Å². The van der Waals surface area contributed by atoms with Crippen LogP contribution in [-0.2, 0) is 23.0 Å². The van der Waals surface area contributed by atoms with E-state index in [2.05, 4.69) is 35.0 Å². The van der Waals surface area contributed by atoms with E-state index in [4.69, 9.17) is 5.14 Å². The number of hydrogen-bond acceptors (Lipinski definition) is 4. The van der Waals surface area contributed by atoms with Gasteiger partial charge in [-0.25, -0.2) is 13.6 Å². The lowest BCUT2D eigenvalue weighted by Gasteiger charge is -2.05. The Morgan fingerprint density at radius 2 is 1.78 bits per heavy atom. The van der Waals surface area contributed by atoms with Crippen LogP contribution in [0.15, 0.2) is 58.8 Å². The molecular formula is C17H18N2O2S2. The summed E-state index contributed by atoms with van der Waals surface area (Å²) in [4.78, 5) is 0.152. The standard InChI is InChI=1S/C17H18N2O2S2/c18-23(20,21)15-7-5-13(6-8-15)9-10-19-11-14-12-22-17-4-2-1-3-16(14)17/h1-8,12,19H,9-11H2,(H2,18,20,21). The third-order valence-electron chi connectivity index (χ3n) is 3.72. The van der Waals surface area contributed by atoms with E-state index in [1.807, 2.05) is 0 Å². The van der Waals surface area contributed by atoms with Crippen LogP contribution >= 0.6 is 11.3 Å². The number of thiophene rings is 1. The molecule has 0 aliphatic rings. The van der Waals surface area contributed by atoms with Gasteiger partial charge < -0.3 is 5.32 Å². The van der Waals surface area contributed by atoms with Gasteiger partial charge in [0.2, 0.25) is 10.0 Å². The van der Waals surface area contributed by atoms with Gasteiger partial charge in [-0.1, -0.05) is 30.3 Å². The Balaban J connectivity index is 1.54. The van der Waals surface area contributed by atoms with Gasteiger partial charge in [-0.2, -0.15) is 0 Å². The summed E-state index contributed by atoms with van der Waals surface area (Å²) in [6.45, 7) is 1.66. The van der Waals surface area contributed by atoms with Gasteiger partial charge in [0.1, 0.15) is 0 Å². The molecule has 1 aromatic heterocycles. The number of primary sulfonamides is 1. The molecule has 0 bridgehead atoms. The molecule has 3 rings (SSSR count). The Bertz CT molecular complexity index is 900. The third kappa shape index (κ3) is 3.97. The number of benzene rings is 2. The summed E-state index contributed by atoms with van der Waals surface area (Å²) in [5.74, 6) is 0. The van der Waals surface area contributed by atoms with Gasteiger partial charge in [-0.05, 0) is 53.1 Å². The van der Waals surface area contributed by atoms with Crippen LogP contribution in [0.5, 0.6) is 0 Å². The molecule has 120 valence electrons. The normalized spacial score (nSPS) is 11.9. The van der Waals surface area contributed by atoms with Crippen molar-refractivity contribution in [2.24, 2.45) is 5.14 Å². The summed E-state index contributed by atoms with van der Waals surface area (Å²) < 4.78 is 23.7. The fraction of sp³-hybridized carbons (Fsp3) is 0.176. The SMILES string of the molecule is NS(=O)(=O)c1ccc(CCNCc2csc3ccccc23)cc1. The van der Waals surface area contributed by atoms with E-state index >= 15 is 0 Å². The number of nitrogens with one attached hydrogen (secondary N) is 1. The molecule has 0 amide bonds. The fourth-order valence-electron chi connectivity index (χ4n) is 2.47. The zero-order valence-electron chi connectivity index (χ0n) is 12.5. The molecule has 0 fully saturated rings. The number of fused-ring (bicyclic) bond motifs is 1. The predicted octanol–water partition coefficient (Wildman–Crippen LogP) is 2.88. The maximum Gasteiger partial charge on any atom is 0.238 e. The molecule has 4 nitrogen and oxygen atoms in total. The summed E-state index contributed by atoms with van der Waals surface area (Å²) in [5.41, 5.74) is 2.40. The van der Waals surface area contributed by atoms with Gasteiger partial charge in [-0.15, -0.1) is 11.3 Å². The molecule has 0 atom stereocenters. The van der Waals surface area contributed by atoms with Gasteiger partial charge in [-0.3, -0.25) is 0 Å². The average molecular weight is 346 g/mol. The van der Waals surface area contributed by atoms with Crippen LogP contribution in [0.4, 0.5) is 0 Å². The number of hydrogen-bond donors (Lipinski definition) is 2. The summed E-state index contributed by atoms with van der Waals surface area (Å²) in [6.07, 6.45) is 0.840. The van der Waals surface area contributed by atoms with Crippen LogP contribution in [-0.4, -0.2) is 15.0 Å². The van der Waals surface area contributed by atoms with Crippen LogP contribution in [0.2, 0.25) is 0 Å². The highest BCUT2D eigenvalue weighted by Gasteiger charge is 2.06. The molecule has 6 heteroatoms. The van der Waals surface area contributed by atoms with Gasteiger partial charge in [0.25, 0.3) is 0 Å². The van der Waals surface area contributed by atoms with Crippen molar-refractivity contribution in [3.05, 3.63) is 65.0 Å². The van der Waals surface area contributed by atoms with E-state index in [0.717, 1.165) is 25.1 Å². The maximum absolute atomic E-state index is 11.2. The number of rotatable bonds is 6. The monoisotopic (exact) mass is 346 g/mol. The van der Waals surface area contributed by atoms with Crippen LogP contribution < -0.4 is 10.5 Å². The molecule has 1 heterocycles. The van der Waals surface area contributed by atoms with Crippen molar-refractivity contribution in [2.75, 3.05) is 6.54 Å². The first-order valence-corrected chi connectivity index (χ1v) is 9.74. The lowest BCUT2D eigenvalue weighted by Crippen LogP contribution is -2.16. The van der Waals surface area contributed by atoms with E-state index in [-0.39, 0.29) is 4.90 Å². The van der Waals surface area contributed by atoms with Crippen molar-refractivity contribution in [1.82, 2.24) is 5.32 Å². The van der Waals surface area contributed by atoms with E-state index in [9.17, 15) is 8.42 Å². The summed E-state index contributed by atoms with van der Waals surface area (Å²) in [5, 5.41) is 12.0. The average Bonchev–Trinajstić information content (AvgIpc) is 2.94. The second kappa shape index (κ2) is 6.80. The zero-order valence-corrected chi connectivity index (χ0v) is 14.2. The number of sulfonamides is 1. The second-order valence-corrected chi connectivity index (χ2v) is 7.85. The minimum Gasteiger partial charge on any atom is -0.312 e. The van der Waals surface area contributed by atoms with Gasteiger partial charge in [0.15, 0.2) is 0 Å².